The molecular weight excluding hydrogens is 446 g/mol. The molecule has 1 unspecified atom stereocenters. The van der Waals surface area contributed by atoms with Crippen LogP contribution < -0.4 is 14.8 Å². The van der Waals surface area contributed by atoms with Crippen LogP contribution in [0.5, 0.6) is 11.5 Å². The Kier molecular flexibility index (Phi) is 6.10. The molecule has 0 saturated carbocycles. The number of carbonyl (C=O) groups excluding carboxylic acids is 1. The number of amides is 1. The average molecular weight is 476 g/mol. The Bertz CT molecular complexity index is 1390. The van der Waals surface area contributed by atoms with Crippen molar-refractivity contribution >= 4 is 17.4 Å². The molecule has 35 heavy (non-hydrogen) atoms. The van der Waals surface area contributed by atoms with E-state index in [-0.39, 0.29) is 11.8 Å². The number of fused-ring (bicyclic) bond motifs is 2. The highest BCUT2D eigenvalue weighted by molar-refractivity contribution is 5.95. The molecule has 3 aromatic heterocycles. The minimum absolute atomic E-state index is 0.0774. The number of anilines is 1. The van der Waals surface area contributed by atoms with Crippen molar-refractivity contribution in [2.24, 2.45) is 0 Å². The highest BCUT2D eigenvalue weighted by atomic mass is 16.5. The van der Waals surface area contributed by atoms with Gasteiger partial charge in [0.15, 0.2) is 28.8 Å². The first kappa shape index (κ1) is 22.8. The maximum atomic E-state index is 12.8. The molecule has 0 saturated heterocycles. The van der Waals surface area contributed by atoms with Crippen LogP contribution in [0.15, 0.2) is 30.3 Å². The Hall–Kier alpha value is -3.95. The van der Waals surface area contributed by atoms with E-state index in [9.17, 15) is 4.79 Å². The molecular formula is C25H29N7O3. The number of ether oxygens (including phenoxy) is 2. The van der Waals surface area contributed by atoms with E-state index in [4.69, 9.17) is 14.6 Å². The number of unbranched alkanes of at least 4 members (excludes halogenated alkanes) is 1. The summed E-state index contributed by atoms with van der Waals surface area (Å²) in [7, 11) is 0. The van der Waals surface area contributed by atoms with Crippen molar-refractivity contribution in [1.29, 1.82) is 0 Å². The van der Waals surface area contributed by atoms with Crippen molar-refractivity contribution in [3.8, 4) is 17.3 Å². The van der Waals surface area contributed by atoms with Gasteiger partial charge in [0.1, 0.15) is 5.82 Å². The Morgan fingerprint density at radius 3 is 2.71 bits per heavy atom. The molecule has 1 atom stereocenters. The van der Waals surface area contributed by atoms with Crippen LogP contribution in [-0.2, 0) is 4.79 Å². The van der Waals surface area contributed by atoms with Crippen LogP contribution in [0.2, 0.25) is 0 Å². The van der Waals surface area contributed by atoms with Crippen molar-refractivity contribution in [2.45, 2.75) is 52.9 Å². The second-order valence-electron chi connectivity index (χ2n) is 8.61. The predicted octanol–water partition coefficient (Wildman–Crippen LogP) is 3.98. The van der Waals surface area contributed by atoms with Crippen molar-refractivity contribution in [1.82, 2.24) is 29.6 Å². The molecule has 1 aromatic carbocycles. The van der Waals surface area contributed by atoms with Crippen LogP contribution in [0.4, 0.5) is 5.82 Å². The standard InChI is InChI=1S/C25H29N7O3/c1-5-7-12-35-19-9-8-17(13-20(19)34-6-2)18-14-23(33)26-25-24(18)15(3)29-32(25)22-11-10-21-28-27-16(4)31(21)30-22/h8-11,13,18H,5-7,12,14H2,1-4H3,(H,26,33). The van der Waals surface area contributed by atoms with Gasteiger partial charge < -0.3 is 14.8 Å². The van der Waals surface area contributed by atoms with E-state index in [1.54, 1.807) is 9.20 Å². The van der Waals surface area contributed by atoms with Gasteiger partial charge in [0.25, 0.3) is 0 Å². The normalized spacial score (nSPS) is 15.2. The fourth-order valence-corrected chi connectivity index (χ4v) is 4.45. The lowest BCUT2D eigenvalue weighted by molar-refractivity contribution is -0.116. The molecule has 0 radical (unpaired) electrons. The smallest absolute Gasteiger partial charge is 0.226 e. The van der Waals surface area contributed by atoms with Gasteiger partial charge >= 0.3 is 0 Å². The van der Waals surface area contributed by atoms with E-state index in [0.29, 0.717) is 48.5 Å². The molecule has 0 fully saturated rings. The molecule has 4 heterocycles. The highest BCUT2D eigenvalue weighted by Crippen LogP contribution is 2.42. The Balaban J connectivity index is 1.56. The van der Waals surface area contributed by atoms with Gasteiger partial charge in [-0.15, -0.1) is 15.3 Å². The molecule has 0 aliphatic carbocycles. The lowest BCUT2D eigenvalue weighted by Crippen LogP contribution is -2.25. The zero-order chi connectivity index (χ0) is 24.5. The lowest BCUT2D eigenvalue weighted by Gasteiger charge is -2.25. The maximum absolute atomic E-state index is 12.8. The topological polar surface area (TPSA) is 108 Å². The van der Waals surface area contributed by atoms with E-state index >= 15 is 0 Å². The number of rotatable bonds is 8. The van der Waals surface area contributed by atoms with Crippen LogP contribution >= 0.6 is 0 Å². The first-order valence-corrected chi connectivity index (χ1v) is 12.0. The van der Waals surface area contributed by atoms with Gasteiger partial charge in [0, 0.05) is 17.9 Å². The summed E-state index contributed by atoms with van der Waals surface area (Å²) >= 11 is 0. The Morgan fingerprint density at radius 2 is 1.91 bits per heavy atom. The van der Waals surface area contributed by atoms with Crippen LogP contribution in [0.3, 0.4) is 0 Å². The Labute approximate surface area is 203 Å². The van der Waals surface area contributed by atoms with E-state index in [0.717, 1.165) is 35.4 Å². The summed E-state index contributed by atoms with van der Waals surface area (Å²) in [4.78, 5) is 12.8. The van der Waals surface area contributed by atoms with Crippen molar-refractivity contribution in [3.05, 3.63) is 53.0 Å². The SMILES string of the molecule is CCCCOc1ccc(C2CC(=O)Nc3c2c(C)nn3-c2ccc3nnc(C)n3n2)cc1OCC. The molecule has 1 amide bonds. The van der Waals surface area contributed by atoms with E-state index < -0.39 is 0 Å². The van der Waals surface area contributed by atoms with Gasteiger partial charge in [-0.25, -0.2) is 0 Å². The van der Waals surface area contributed by atoms with Crippen LogP contribution in [0.25, 0.3) is 11.5 Å². The summed E-state index contributed by atoms with van der Waals surface area (Å²) in [6, 6.07) is 9.59. The summed E-state index contributed by atoms with van der Waals surface area (Å²) < 4.78 is 15.2. The van der Waals surface area contributed by atoms with Gasteiger partial charge in [0.2, 0.25) is 5.91 Å². The molecule has 1 aliphatic rings. The van der Waals surface area contributed by atoms with Crippen LogP contribution in [0.1, 0.15) is 61.7 Å². The minimum atomic E-state index is -0.170. The highest BCUT2D eigenvalue weighted by Gasteiger charge is 2.33. The molecule has 10 heteroatoms. The molecule has 0 spiro atoms. The number of aryl methyl sites for hydroxylation is 2. The number of benzene rings is 1. The predicted molar refractivity (Wildman–Crippen MR) is 130 cm³/mol. The first-order chi connectivity index (χ1) is 17.0. The third kappa shape index (κ3) is 4.20. The zero-order valence-corrected chi connectivity index (χ0v) is 20.4. The van der Waals surface area contributed by atoms with Crippen LogP contribution in [0, 0.1) is 13.8 Å². The van der Waals surface area contributed by atoms with Crippen molar-refractivity contribution < 1.29 is 14.3 Å². The number of nitrogens with zero attached hydrogens (tertiary/aromatic N) is 6. The summed E-state index contributed by atoms with van der Waals surface area (Å²) in [6.07, 6.45) is 2.36. The van der Waals surface area contributed by atoms with E-state index in [2.05, 4.69) is 27.5 Å². The van der Waals surface area contributed by atoms with Crippen molar-refractivity contribution in [2.75, 3.05) is 18.5 Å². The second kappa shape index (κ2) is 9.36. The Morgan fingerprint density at radius 1 is 1.06 bits per heavy atom. The summed E-state index contributed by atoms with van der Waals surface area (Å²) in [5.41, 5.74) is 3.42. The molecule has 1 aliphatic heterocycles. The van der Waals surface area contributed by atoms with Crippen LogP contribution in [-0.4, -0.2) is 48.7 Å². The average Bonchev–Trinajstić information content (AvgIpc) is 3.39. The van der Waals surface area contributed by atoms with Gasteiger partial charge in [-0.2, -0.15) is 14.3 Å². The molecule has 4 aromatic rings. The molecule has 1 N–H and O–H groups in total. The largest absolute Gasteiger partial charge is 0.490 e. The fraction of sp³-hybridized carbons (Fsp3) is 0.400. The number of nitrogens with one attached hydrogen (secondary N) is 1. The number of hydrogen-bond donors (Lipinski definition) is 1. The third-order valence-corrected chi connectivity index (χ3v) is 6.15. The van der Waals surface area contributed by atoms with Gasteiger partial charge in [-0.05, 0) is 57.0 Å². The minimum Gasteiger partial charge on any atom is -0.490 e. The molecule has 5 rings (SSSR count). The lowest BCUT2D eigenvalue weighted by atomic mass is 9.85. The van der Waals surface area contributed by atoms with Crippen molar-refractivity contribution in [3.63, 3.8) is 0 Å². The molecule has 10 nitrogen and oxygen atoms in total. The van der Waals surface area contributed by atoms with E-state index in [1.807, 2.05) is 51.1 Å². The van der Waals surface area contributed by atoms with Gasteiger partial charge in [-0.3, -0.25) is 4.79 Å². The molecule has 182 valence electrons. The number of aromatic nitrogens is 6. The fourth-order valence-electron chi connectivity index (χ4n) is 4.45. The summed E-state index contributed by atoms with van der Waals surface area (Å²) in [6.45, 7) is 9.03. The number of hydrogen-bond acceptors (Lipinski definition) is 7. The summed E-state index contributed by atoms with van der Waals surface area (Å²) in [5, 5.41) is 20.6. The first-order valence-electron chi connectivity index (χ1n) is 12.0. The van der Waals surface area contributed by atoms with E-state index in [1.165, 1.54) is 0 Å². The van der Waals surface area contributed by atoms with Gasteiger partial charge in [0.05, 0.1) is 18.9 Å². The maximum Gasteiger partial charge on any atom is 0.226 e. The third-order valence-electron chi connectivity index (χ3n) is 6.15. The molecule has 0 bridgehead atoms. The second-order valence-corrected chi connectivity index (χ2v) is 8.61. The summed E-state index contributed by atoms with van der Waals surface area (Å²) in [5.74, 6) is 3.03. The zero-order valence-electron chi connectivity index (χ0n) is 20.4. The quantitative estimate of drug-likeness (QED) is 0.384. The monoisotopic (exact) mass is 475 g/mol. The number of carbonyl (C=O) groups is 1. The van der Waals surface area contributed by atoms with Gasteiger partial charge in [-0.1, -0.05) is 19.4 Å².